The number of nitrogens with two attached hydrogens (primary N) is 1. The molecule has 0 saturated carbocycles. The second-order valence-corrected chi connectivity index (χ2v) is 3.21. The van der Waals surface area contributed by atoms with Crippen LogP contribution < -0.4 is 11.1 Å². The van der Waals surface area contributed by atoms with Crippen molar-refractivity contribution < 1.29 is 13.2 Å². The highest BCUT2D eigenvalue weighted by Crippen LogP contribution is 2.17. The second-order valence-electron chi connectivity index (χ2n) is 3.21. The second kappa shape index (κ2) is 5.02. The standard InChI is InChI=1S/C10H13F3N2/c11-10(12,13)7-15-9-3-1-2-8(6-9)4-5-14/h1-3,6,15H,4-5,7,14H2. The van der Waals surface area contributed by atoms with E-state index in [-0.39, 0.29) is 0 Å². The van der Waals surface area contributed by atoms with Crippen LogP contribution in [0.25, 0.3) is 0 Å². The summed E-state index contributed by atoms with van der Waals surface area (Å²) in [4.78, 5) is 0. The molecule has 1 rings (SSSR count). The zero-order valence-corrected chi connectivity index (χ0v) is 8.14. The molecule has 84 valence electrons. The molecule has 2 nitrogen and oxygen atoms in total. The molecular formula is C10H13F3N2. The van der Waals surface area contributed by atoms with Crippen LogP contribution in [0.3, 0.4) is 0 Å². The average Bonchev–Trinajstić information content (AvgIpc) is 2.15. The molecule has 0 aliphatic rings. The summed E-state index contributed by atoms with van der Waals surface area (Å²) >= 11 is 0. The van der Waals surface area contributed by atoms with Gasteiger partial charge in [0, 0.05) is 5.69 Å². The van der Waals surface area contributed by atoms with E-state index >= 15 is 0 Å². The van der Waals surface area contributed by atoms with Crippen molar-refractivity contribution in [1.82, 2.24) is 0 Å². The summed E-state index contributed by atoms with van der Waals surface area (Å²) in [6, 6.07) is 6.83. The molecule has 1 aromatic carbocycles. The molecule has 5 heteroatoms. The van der Waals surface area contributed by atoms with E-state index in [4.69, 9.17) is 5.73 Å². The summed E-state index contributed by atoms with van der Waals surface area (Å²) in [6.07, 6.45) is -3.52. The first-order valence-corrected chi connectivity index (χ1v) is 4.61. The minimum Gasteiger partial charge on any atom is -0.376 e. The van der Waals surface area contributed by atoms with E-state index in [9.17, 15) is 13.2 Å². The third-order valence-corrected chi connectivity index (χ3v) is 1.85. The van der Waals surface area contributed by atoms with Gasteiger partial charge in [0.1, 0.15) is 6.54 Å². The summed E-state index contributed by atoms with van der Waals surface area (Å²) in [5.41, 5.74) is 6.76. The Kier molecular flexibility index (Phi) is 3.96. The van der Waals surface area contributed by atoms with Crippen molar-refractivity contribution in [3.63, 3.8) is 0 Å². The van der Waals surface area contributed by atoms with Crippen LogP contribution in [0.15, 0.2) is 24.3 Å². The fourth-order valence-electron chi connectivity index (χ4n) is 1.21. The first-order valence-electron chi connectivity index (χ1n) is 4.61. The maximum Gasteiger partial charge on any atom is 0.405 e. The third-order valence-electron chi connectivity index (χ3n) is 1.85. The topological polar surface area (TPSA) is 38.0 Å². The van der Waals surface area contributed by atoms with E-state index in [0.717, 1.165) is 5.56 Å². The Morgan fingerprint density at radius 1 is 1.27 bits per heavy atom. The van der Waals surface area contributed by atoms with Crippen LogP contribution in [0.1, 0.15) is 5.56 Å². The van der Waals surface area contributed by atoms with E-state index in [1.807, 2.05) is 6.07 Å². The lowest BCUT2D eigenvalue weighted by Gasteiger charge is -2.10. The summed E-state index contributed by atoms with van der Waals surface area (Å²) < 4.78 is 35.7. The summed E-state index contributed by atoms with van der Waals surface area (Å²) in [5, 5.41) is 2.32. The molecule has 1 aromatic rings. The van der Waals surface area contributed by atoms with Gasteiger partial charge in [-0.05, 0) is 30.7 Å². The third kappa shape index (κ3) is 4.69. The molecule has 0 aromatic heterocycles. The molecule has 3 N–H and O–H groups in total. The molecule has 0 heterocycles. The molecule has 0 bridgehead atoms. The van der Waals surface area contributed by atoms with Gasteiger partial charge in [0.05, 0.1) is 0 Å². The normalized spacial score (nSPS) is 11.5. The Morgan fingerprint density at radius 3 is 2.60 bits per heavy atom. The van der Waals surface area contributed by atoms with Gasteiger partial charge in [0.15, 0.2) is 0 Å². The molecule has 0 radical (unpaired) electrons. The quantitative estimate of drug-likeness (QED) is 0.812. The molecule has 0 aliphatic heterocycles. The van der Waals surface area contributed by atoms with Gasteiger partial charge in [-0.1, -0.05) is 12.1 Å². The van der Waals surface area contributed by atoms with E-state index in [2.05, 4.69) is 5.32 Å². The molecule has 15 heavy (non-hydrogen) atoms. The Hall–Kier alpha value is -1.23. The van der Waals surface area contributed by atoms with E-state index in [0.29, 0.717) is 18.7 Å². The maximum atomic E-state index is 11.9. The highest BCUT2D eigenvalue weighted by Gasteiger charge is 2.26. The predicted octanol–water partition coefficient (Wildman–Crippen LogP) is 2.16. The lowest BCUT2D eigenvalue weighted by Crippen LogP contribution is -2.21. The molecule has 0 aliphatic carbocycles. The first-order chi connectivity index (χ1) is 7.01. The first kappa shape index (κ1) is 11.8. The summed E-state index contributed by atoms with van der Waals surface area (Å²) in [6.45, 7) is -0.526. The smallest absolute Gasteiger partial charge is 0.376 e. The number of alkyl halides is 3. The lowest BCUT2D eigenvalue weighted by molar-refractivity contribution is -0.115. The number of halogens is 3. The molecule has 0 fully saturated rings. The van der Waals surface area contributed by atoms with Crippen LogP contribution in [0.5, 0.6) is 0 Å². The molecule has 0 amide bonds. The largest absolute Gasteiger partial charge is 0.405 e. The van der Waals surface area contributed by atoms with Gasteiger partial charge >= 0.3 is 6.18 Å². The number of hydrogen-bond acceptors (Lipinski definition) is 2. The Bertz CT molecular complexity index is 310. The molecule has 0 spiro atoms. The summed E-state index contributed by atoms with van der Waals surface area (Å²) in [7, 11) is 0. The van der Waals surface area contributed by atoms with Crippen LogP contribution in [0.4, 0.5) is 18.9 Å². The zero-order chi connectivity index (χ0) is 11.3. The Balaban J connectivity index is 2.57. The Labute approximate surface area is 86.3 Å². The van der Waals surface area contributed by atoms with Crippen molar-refractivity contribution in [2.45, 2.75) is 12.6 Å². The SMILES string of the molecule is NCCc1cccc(NCC(F)(F)F)c1. The van der Waals surface area contributed by atoms with E-state index in [1.165, 1.54) is 0 Å². The van der Waals surface area contributed by atoms with Gasteiger partial charge in [-0.3, -0.25) is 0 Å². The summed E-state index contributed by atoms with van der Waals surface area (Å²) in [5.74, 6) is 0. The molecule has 0 unspecified atom stereocenters. The van der Waals surface area contributed by atoms with Crippen molar-refractivity contribution >= 4 is 5.69 Å². The van der Waals surface area contributed by atoms with E-state index < -0.39 is 12.7 Å². The van der Waals surface area contributed by atoms with Crippen LogP contribution in [0, 0.1) is 0 Å². The van der Waals surface area contributed by atoms with Gasteiger partial charge < -0.3 is 11.1 Å². The minimum atomic E-state index is -4.19. The van der Waals surface area contributed by atoms with Crippen molar-refractivity contribution in [3.05, 3.63) is 29.8 Å². The van der Waals surface area contributed by atoms with E-state index in [1.54, 1.807) is 18.2 Å². The van der Waals surface area contributed by atoms with Gasteiger partial charge in [-0.25, -0.2) is 0 Å². The Morgan fingerprint density at radius 2 is 2.00 bits per heavy atom. The maximum absolute atomic E-state index is 11.9. The highest BCUT2D eigenvalue weighted by molar-refractivity contribution is 5.45. The average molecular weight is 218 g/mol. The lowest BCUT2D eigenvalue weighted by atomic mass is 10.1. The van der Waals surface area contributed by atoms with Crippen molar-refractivity contribution in [2.75, 3.05) is 18.4 Å². The monoisotopic (exact) mass is 218 g/mol. The fourth-order valence-corrected chi connectivity index (χ4v) is 1.21. The number of anilines is 1. The number of benzene rings is 1. The van der Waals surface area contributed by atoms with Gasteiger partial charge in [0.25, 0.3) is 0 Å². The van der Waals surface area contributed by atoms with Crippen LogP contribution in [0.2, 0.25) is 0 Å². The van der Waals surface area contributed by atoms with Crippen molar-refractivity contribution in [1.29, 1.82) is 0 Å². The fraction of sp³-hybridized carbons (Fsp3) is 0.400. The van der Waals surface area contributed by atoms with Gasteiger partial charge in [-0.2, -0.15) is 13.2 Å². The number of rotatable bonds is 4. The van der Waals surface area contributed by atoms with Crippen LogP contribution in [-0.4, -0.2) is 19.3 Å². The molecular weight excluding hydrogens is 205 g/mol. The number of nitrogens with one attached hydrogen (secondary N) is 1. The van der Waals surface area contributed by atoms with Gasteiger partial charge in [-0.15, -0.1) is 0 Å². The predicted molar refractivity (Wildman–Crippen MR) is 53.7 cm³/mol. The van der Waals surface area contributed by atoms with Crippen molar-refractivity contribution in [2.24, 2.45) is 5.73 Å². The zero-order valence-electron chi connectivity index (χ0n) is 8.14. The van der Waals surface area contributed by atoms with Crippen LogP contribution >= 0.6 is 0 Å². The minimum absolute atomic E-state index is 0.471. The number of hydrogen-bond donors (Lipinski definition) is 2. The molecule has 0 atom stereocenters. The highest BCUT2D eigenvalue weighted by atomic mass is 19.4. The van der Waals surface area contributed by atoms with Crippen molar-refractivity contribution in [3.8, 4) is 0 Å². The van der Waals surface area contributed by atoms with Crippen LogP contribution in [-0.2, 0) is 6.42 Å². The molecule has 0 saturated heterocycles. The van der Waals surface area contributed by atoms with Gasteiger partial charge in [0.2, 0.25) is 0 Å².